The number of carbonyl (C=O) groups excluding carboxylic acids is 2. The number of piperidine rings is 1. The summed E-state index contributed by atoms with van der Waals surface area (Å²) in [5, 5.41) is 14.0. The highest BCUT2D eigenvalue weighted by Crippen LogP contribution is 2.37. The van der Waals surface area contributed by atoms with Crippen LogP contribution in [0, 0.1) is 0 Å². The number of nitrogens with zero attached hydrogens (tertiary/aromatic N) is 5. The van der Waals surface area contributed by atoms with Crippen LogP contribution < -0.4 is 5.32 Å². The molecule has 212 valence electrons. The first-order valence-corrected chi connectivity index (χ1v) is 15.8. The minimum absolute atomic E-state index is 0.00456. The van der Waals surface area contributed by atoms with Crippen LogP contribution in [0.15, 0.2) is 23.9 Å². The van der Waals surface area contributed by atoms with Crippen molar-refractivity contribution in [1.29, 1.82) is 0 Å². The molecule has 12 heteroatoms. The smallest absolute Gasteiger partial charge is 0.333 e. The van der Waals surface area contributed by atoms with Crippen LogP contribution in [-0.4, -0.2) is 131 Å². The number of aliphatic hydroxyl groups is 1. The zero-order valence-corrected chi connectivity index (χ0v) is 23.5. The van der Waals surface area contributed by atoms with Crippen LogP contribution in [0.4, 0.5) is 9.59 Å². The molecule has 38 heavy (non-hydrogen) atoms. The first-order valence-electron chi connectivity index (χ1n) is 13.9. The molecule has 4 atom stereocenters. The van der Waals surface area contributed by atoms with E-state index in [-0.39, 0.29) is 30.2 Å². The average Bonchev–Trinajstić information content (AvgIpc) is 3.26. The van der Waals surface area contributed by atoms with Gasteiger partial charge in [0.15, 0.2) is 0 Å². The second kappa shape index (κ2) is 10.9. The first kappa shape index (κ1) is 27.6. The molecule has 2 N–H and O–H groups in total. The number of urea groups is 2. The number of nitrogens with one attached hydrogen (secondary N) is 1. The summed E-state index contributed by atoms with van der Waals surface area (Å²) in [7, 11) is -3.17. The molecule has 0 aromatic rings. The molecule has 0 aromatic heterocycles. The molecular formula is C26H42N6O5S. The predicted octanol–water partition coefficient (Wildman–Crippen LogP) is 0.988. The monoisotopic (exact) mass is 550 g/mol. The maximum atomic E-state index is 13.4. The Hall–Kier alpha value is -1.99. The second-order valence-electron chi connectivity index (χ2n) is 11.7. The number of hydrogen-bond donors (Lipinski definition) is 2. The van der Waals surface area contributed by atoms with Crippen molar-refractivity contribution in [3.63, 3.8) is 0 Å². The molecule has 5 aliphatic rings. The number of β-amino-alcohol motifs (C(OH)–C–C–N with tert-alkyl or cyclic N) is 1. The molecule has 4 saturated heterocycles. The summed E-state index contributed by atoms with van der Waals surface area (Å²) < 4.78 is 25.0. The maximum Gasteiger partial charge on any atom is 0.333 e. The Morgan fingerprint density at radius 2 is 1.76 bits per heavy atom. The van der Waals surface area contributed by atoms with E-state index in [1.165, 1.54) is 15.5 Å². The standard InChI is InChI=1S/C26H42N6O5S/c1-18(2)31-23-6-4-5-7-24(23)32(26(31)35)25(34)27-19-14-20-8-9-21(15-19)30(20)17-22(33)16-28-10-12-29(13-11-28)38(3,36)37/h4-6,18-22,24,33H,7-17H2,1-3H3,(H,27,34)/t19?,20?,21?,22-,24?/m1/s1. The topological polar surface area (TPSA) is 117 Å². The van der Waals surface area contributed by atoms with Crippen molar-refractivity contribution in [1.82, 2.24) is 29.2 Å². The lowest BCUT2D eigenvalue weighted by Gasteiger charge is -2.41. The van der Waals surface area contributed by atoms with Crippen molar-refractivity contribution < 1.29 is 23.1 Å². The van der Waals surface area contributed by atoms with Crippen LogP contribution in [0.3, 0.4) is 0 Å². The molecule has 0 aromatic carbocycles. The Bertz CT molecular complexity index is 1070. The van der Waals surface area contributed by atoms with E-state index in [4.69, 9.17) is 0 Å². The number of piperazine rings is 1. The van der Waals surface area contributed by atoms with Gasteiger partial charge in [-0.1, -0.05) is 12.2 Å². The van der Waals surface area contributed by atoms with E-state index < -0.39 is 16.1 Å². The summed E-state index contributed by atoms with van der Waals surface area (Å²) >= 11 is 0. The van der Waals surface area contributed by atoms with Gasteiger partial charge in [0.2, 0.25) is 10.0 Å². The number of sulfonamides is 1. The molecule has 0 radical (unpaired) electrons. The van der Waals surface area contributed by atoms with E-state index >= 15 is 0 Å². The number of carbonyl (C=O) groups is 2. The van der Waals surface area contributed by atoms with Crippen LogP contribution in [0.1, 0.15) is 46.0 Å². The second-order valence-corrected chi connectivity index (χ2v) is 13.7. The molecule has 11 nitrogen and oxygen atoms in total. The molecule has 0 spiro atoms. The number of imide groups is 1. The van der Waals surface area contributed by atoms with Crippen LogP contribution in [0.25, 0.3) is 0 Å². The van der Waals surface area contributed by atoms with Gasteiger partial charge in [-0.15, -0.1) is 0 Å². The SMILES string of the molecule is CC(C)N1C(=O)N(C(=O)NC2CC3CCC(C2)N3C[C@H](O)CN2CCN(S(C)(=O)=O)CC2)C2CC=CC=C21. The van der Waals surface area contributed by atoms with Gasteiger partial charge in [-0.2, -0.15) is 4.31 Å². The number of fused-ring (bicyclic) bond motifs is 3. The van der Waals surface area contributed by atoms with Crippen molar-refractivity contribution in [2.24, 2.45) is 0 Å². The normalized spacial score (nSPS) is 31.6. The van der Waals surface area contributed by atoms with E-state index in [0.29, 0.717) is 57.8 Å². The number of amides is 4. The quantitative estimate of drug-likeness (QED) is 0.486. The average molecular weight is 551 g/mol. The summed E-state index contributed by atoms with van der Waals surface area (Å²) in [5.41, 5.74) is 0.893. The minimum Gasteiger partial charge on any atom is -0.390 e. The van der Waals surface area contributed by atoms with Crippen molar-refractivity contribution >= 4 is 22.1 Å². The molecule has 4 aliphatic heterocycles. The van der Waals surface area contributed by atoms with Crippen LogP contribution >= 0.6 is 0 Å². The molecule has 1 aliphatic carbocycles. The summed E-state index contributed by atoms with van der Waals surface area (Å²) in [6, 6.07) is -0.231. The van der Waals surface area contributed by atoms with Crippen molar-refractivity contribution in [2.75, 3.05) is 45.5 Å². The third-order valence-electron chi connectivity index (χ3n) is 8.74. The summed E-state index contributed by atoms with van der Waals surface area (Å²) in [6.45, 7) is 7.22. The van der Waals surface area contributed by atoms with Crippen LogP contribution in [0.2, 0.25) is 0 Å². The van der Waals surface area contributed by atoms with Gasteiger partial charge < -0.3 is 10.4 Å². The zero-order valence-electron chi connectivity index (χ0n) is 22.7. The highest BCUT2D eigenvalue weighted by molar-refractivity contribution is 7.88. The Morgan fingerprint density at radius 1 is 1.11 bits per heavy atom. The fraction of sp³-hybridized carbons (Fsp3) is 0.769. The van der Waals surface area contributed by atoms with Crippen molar-refractivity contribution in [2.45, 2.75) is 82.3 Å². The molecule has 4 heterocycles. The van der Waals surface area contributed by atoms with E-state index in [2.05, 4.69) is 15.1 Å². The largest absolute Gasteiger partial charge is 0.390 e. The van der Waals surface area contributed by atoms with Gasteiger partial charge in [-0.25, -0.2) is 22.9 Å². The number of allylic oxidation sites excluding steroid dienone is 2. The Balaban J connectivity index is 1.13. The molecule has 4 amide bonds. The summed E-state index contributed by atoms with van der Waals surface area (Å²) in [6.07, 6.45) is 11.0. The molecule has 0 saturated carbocycles. The minimum atomic E-state index is -3.17. The van der Waals surface area contributed by atoms with Gasteiger partial charge in [0, 0.05) is 69.1 Å². The molecule has 4 fully saturated rings. The van der Waals surface area contributed by atoms with Gasteiger partial charge in [0.1, 0.15) is 0 Å². The highest BCUT2D eigenvalue weighted by Gasteiger charge is 2.48. The van der Waals surface area contributed by atoms with Gasteiger partial charge >= 0.3 is 12.1 Å². The predicted molar refractivity (Wildman–Crippen MR) is 144 cm³/mol. The number of rotatable bonds is 7. The Morgan fingerprint density at radius 3 is 2.37 bits per heavy atom. The lowest BCUT2D eigenvalue weighted by Crippen LogP contribution is -2.56. The van der Waals surface area contributed by atoms with E-state index in [1.54, 1.807) is 4.90 Å². The summed E-state index contributed by atoms with van der Waals surface area (Å²) in [4.78, 5) is 34.2. The van der Waals surface area contributed by atoms with Crippen LogP contribution in [-0.2, 0) is 10.0 Å². The highest BCUT2D eigenvalue weighted by atomic mass is 32.2. The Kier molecular flexibility index (Phi) is 7.89. The third-order valence-corrected chi connectivity index (χ3v) is 10.0. The maximum absolute atomic E-state index is 13.4. The number of hydrogen-bond acceptors (Lipinski definition) is 7. The lowest BCUT2D eigenvalue weighted by molar-refractivity contribution is 0.0283. The van der Waals surface area contributed by atoms with E-state index in [0.717, 1.165) is 31.4 Å². The summed E-state index contributed by atoms with van der Waals surface area (Å²) in [5.74, 6) is 0. The van der Waals surface area contributed by atoms with Crippen molar-refractivity contribution in [3.8, 4) is 0 Å². The molecular weight excluding hydrogens is 508 g/mol. The lowest BCUT2D eigenvalue weighted by atomic mass is 9.96. The van der Waals surface area contributed by atoms with Crippen molar-refractivity contribution in [3.05, 3.63) is 23.9 Å². The molecule has 2 bridgehead atoms. The molecule has 3 unspecified atom stereocenters. The van der Waals surface area contributed by atoms with E-state index in [9.17, 15) is 23.1 Å². The van der Waals surface area contributed by atoms with Gasteiger partial charge in [0.25, 0.3) is 0 Å². The zero-order chi connectivity index (χ0) is 27.2. The first-order chi connectivity index (χ1) is 18.0. The van der Waals surface area contributed by atoms with Crippen LogP contribution in [0.5, 0.6) is 0 Å². The fourth-order valence-corrected chi connectivity index (χ4v) is 7.80. The fourth-order valence-electron chi connectivity index (χ4n) is 6.97. The van der Waals surface area contributed by atoms with Gasteiger partial charge in [-0.3, -0.25) is 14.7 Å². The van der Waals surface area contributed by atoms with Gasteiger partial charge in [-0.05, 0) is 52.0 Å². The number of aliphatic hydroxyl groups excluding tert-OH is 1. The molecule has 5 rings (SSSR count). The van der Waals surface area contributed by atoms with Gasteiger partial charge in [0.05, 0.1) is 18.4 Å². The van der Waals surface area contributed by atoms with E-state index in [1.807, 2.05) is 32.1 Å². The third kappa shape index (κ3) is 5.51. The Labute approximate surface area is 226 Å².